The molecule has 0 saturated heterocycles. The first-order valence-corrected chi connectivity index (χ1v) is 6.22. The number of rotatable bonds is 6. The third-order valence-corrected chi connectivity index (χ3v) is 2.73. The maximum absolute atomic E-state index is 4.28. The third-order valence-electron chi connectivity index (χ3n) is 2.17. The summed E-state index contributed by atoms with van der Waals surface area (Å²) in [4.78, 5) is 0. The van der Waals surface area contributed by atoms with Crippen LogP contribution in [0.5, 0.6) is 0 Å². The average molecular weight is 307 g/mol. The fourth-order valence-electron chi connectivity index (χ4n) is 1.26. The second kappa shape index (κ2) is 6.40. The number of aromatic nitrogens is 2. The van der Waals surface area contributed by atoms with Gasteiger partial charge < -0.3 is 5.32 Å². The Kier molecular flexibility index (Phi) is 5.47. The lowest BCUT2D eigenvalue weighted by molar-refractivity contribution is 0.451. The third kappa shape index (κ3) is 3.96. The van der Waals surface area contributed by atoms with Gasteiger partial charge >= 0.3 is 0 Å². The van der Waals surface area contributed by atoms with Crippen molar-refractivity contribution in [2.75, 3.05) is 13.1 Å². The van der Waals surface area contributed by atoms with Crippen LogP contribution in [0.15, 0.2) is 12.4 Å². The molecule has 0 aliphatic carbocycles. The molecule has 1 unspecified atom stereocenters. The van der Waals surface area contributed by atoms with E-state index in [0.29, 0.717) is 6.04 Å². The summed E-state index contributed by atoms with van der Waals surface area (Å²) in [6.45, 7) is 6.50. The molecule has 0 spiro atoms. The second-order valence-corrected chi connectivity index (χ2v) is 4.79. The van der Waals surface area contributed by atoms with E-state index in [-0.39, 0.29) is 0 Å². The highest BCUT2D eigenvalue weighted by Gasteiger charge is 2.04. The second-order valence-electron chi connectivity index (χ2n) is 3.55. The summed E-state index contributed by atoms with van der Waals surface area (Å²) in [5.74, 6) is 0. The summed E-state index contributed by atoms with van der Waals surface area (Å²) in [6, 6.07) is 0.440. The van der Waals surface area contributed by atoms with Crippen molar-refractivity contribution in [1.82, 2.24) is 15.1 Å². The molecule has 0 aliphatic heterocycles. The van der Waals surface area contributed by atoms with Gasteiger partial charge in [0.05, 0.1) is 15.8 Å². The molecule has 0 bridgehead atoms. The summed E-state index contributed by atoms with van der Waals surface area (Å²) in [6.07, 6.45) is 6.47. The quantitative estimate of drug-likeness (QED) is 0.646. The van der Waals surface area contributed by atoms with Crippen LogP contribution in [0.25, 0.3) is 0 Å². The molecule has 1 aromatic rings. The Labute approximate surface area is 99.4 Å². The van der Waals surface area contributed by atoms with E-state index in [2.05, 4.69) is 53.1 Å². The minimum atomic E-state index is 0.440. The highest BCUT2D eigenvalue weighted by Crippen LogP contribution is 2.07. The molecule has 4 heteroatoms. The van der Waals surface area contributed by atoms with Gasteiger partial charge in [0, 0.05) is 12.7 Å². The molecule has 3 nitrogen and oxygen atoms in total. The van der Waals surface area contributed by atoms with Gasteiger partial charge in [-0.05, 0) is 42.5 Å². The van der Waals surface area contributed by atoms with E-state index in [9.17, 15) is 0 Å². The molecule has 0 aliphatic rings. The Hall–Kier alpha value is -0.100. The standard InChI is InChI=1S/C10H18IN3/c1-3-4-5-12-6-9(2)14-8-10(11)7-13-14/h7-9,12H,3-6H2,1-2H3. The van der Waals surface area contributed by atoms with E-state index >= 15 is 0 Å². The van der Waals surface area contributed by atoms with Gasteiger partial charge in [-0.1, -0.05) is 13.3 Å². The van der Waals surface area contributed by atoms with Crippen LogP contribution >= 0.6 is 22.6 Å². The number of hydrogen-bond acceptors (Lipinski definition) is 2. The smallest absolute Gasteiger partial charge is 0.0623 e. The lowest BCUT2D eigenvalue weighted by Gasteiger charge is -2.12. The van der Waals surface area contributed by atoms with Gasteiger partial charge in [-0.2, -0.15) is 5.10 Å². The predicted molar refractivity (Wildman–Crippen MR) is 67.4 cm³/mol. The van der Waals surface area contributed by atoms with Crippen molar-refractivity contribution in [3.05, 3.63) is 16.0 Å². The number of nitrogens with zero attached hydrogens (tertiary/aromatic N) is 2. The molecular weight excluding hydrogens is 289 g/mol. The molecule has 0 fully saturated rings. The van der Waals surface area contributed by atoms with Gasteiger partial charge in [0.25, 0.3) is 0 Å². The largest absolute Gasteiger partial charge is 0.315 e. The van der Waals surface area contributed by atoms with Crippen molar-refractivity contribution >= 4 is 22.6 Å². The van der Waals surface area contributed by atoms with Crippen LogP contribution in [-0.2, 0) is 0 Å². The lowest BCUT2D eigenvalue weighted by Crippen LogP contribution is -2.24. The minimum Gasteiger partial charge on any atom is -0.315 e. The van der Waals surface area contributed by atoms with Crippen molar-refractivity contribution in [2.24, 2.45) is 0 Å². The minimum absolute atomic E-state index is 0.440. The SMILES string of the molecule is CCCCNCC(C)n1cc(I)cn1. The Morgan fingerprint density at radius 3 is 3.00 bits per heavy atom. The van der Waals surface area contributed by atoms with Gasteiger partial charge in [-0.15, -0.1) is 0 Å². The van der Waals surface area contributed by atoms with Crippen LogP contribution in [0, 0.1) is 3.57 Å². The molecular formula is C10H18IN3. The maximum atomic E-state index is 4.28. The zero-order chi connectivity index (χ0) is 10.4. The van der Waals surface area contributed by atoms with Gasteiger partial charge in [-0.3, -0.25) is 4.68 Å². The molecule has 0 radical (unpaired) electrons. The summed E-state index contributed by atoms with van der Waals surface area (Å²) < 4.78 is 3.21. The first-order chi connectivity index (χ1) is 6.74. The van der Waals surface area contributed by atoms with E-state index < -0.39 is 0 Å². The van der Waals surface area contributed by atoms with Crippen molar-refractivity contribution in [3.8, 4) is 0 Å². The molecule has 1 aromatic heterocycles. The van der Waals surface area contributed by atoms with E-state index in [1.807, 2.05) is 10.9 Å². The number of hydrogen-bond donors (Lipinski definition) is 1. The number of unbranched alkanes of at least 4 members (excludes halogenated alkanes) is 1. The molecule has 80 valence electrons. The normalized spacial score (nSPS) is 13.1. The molecule has 1 N–H and O–H groups in total. The van der Waals surface area contributed by atoms with Crippen LogP contribution in [0.4, 0.5) is 0 Å². The first-order valence-electron chi connectivity index (χ1n) is 5.14. The van der Waals surface area contributed by atoms with Gasteiger partial charge in [0.15, 0.2) is 0 Å². The van der Waals surface area contributed by atoms with Crippen LogP contribution in [0.3, 0.4) is 0 Å². The Morgan fingerprint density at radius 1 is 1.64 bits per heavy atom. The number of halogens is 1. The molecule has 1 rings (SSSR count). The first kappa shape index (κ1) is 12.0. The molecule has 0 aromatic carbocycles. The average Bonchev–Trinajstić information content (AvgIpc) is 2.59. The van der Waals surface area contributed by atoms with Crippen molar-refractivity contribution in [2.45, 2.75) is 32.7 Å². The molecule has 0 amide bonds. The summed E-state index contributed by atoms with van der Waals surface area (Å²) in [5.41, 5.74) is 0. The fourth-order valence-corrected chi connectivity index (χ4v) is 1.67. The van der Waals surface area contributed by atoms with Gasteiger partial charge in [-0.25, -0.2) is 0 Å². The van der Waals surface area contributed by atoms with E-state index in [0.717, 1.165) is 13.1 Å². The molecule has 0 saturated carbocycles. The van der Waals surface area contributed by atoms with Crippen LogP contribution in [-0.4, -0.2) is 22.9 Å². The Morgan fingerprint density at radius 2 is 2.43 bits per heavy atom. The summed E-state index contributed by atoms with van der Waals surface area (Å²) >= 11 is 2.28. The molecule has 14 heavy (non-hydrogen) atoms. The monoisotopic (exact) mass is 307 g/mol. The number of nitrogens with one attached hydrogen (secondary N) is 1. The lowest BCUT2D eigenvalue weighted by atomic mass is 10.3. The van der Waals surface area contributed by atoms with Crippen LogP contribution < -0.4 is 5.32 Å². The van der Waals surface area contributed by atoms with Crippen molar-refractivity contribution in [1.29, 1.82) is 0 Å². The Balaban J connectivity index is 2.25. The van der Waals surface area contributed by atoms with Gasteiger partial charge in [0.2, 0.25) is 0 Å². The van der Waals surface area contributed by atoms with Crippen molar-refractivity contribution < 1.29 is 0 Å². The topological polar surface area (TPSA) is 29.9 Å². The van der Waals surface area contributed by atoms with E-state index in [1.165, 1.54) is 16.4 Å². The fraction of sp³-hybridized carbons (Fsp3) is 0.700. The Bertz CT molecular complexity index is 260. The molecule has 1 heterocycles. The highest BCUT2D eigenvalue weighted by atomic mass is 127. The van der Waals surface area contributed by atoms with E-state index in [1.54, 1.807) is 0 Å². The highest BCUT2D eigenvalue weighted by molar-refractivity contribution is 14.1. The zero-order valence-electron chi connectivity index (χ0n) is 8.83. The van der Waals surface area contributed by atoms with Crippen LogP contribution in [0.2, 0.25) is 0 Å². The molecule has 1 atom stereocenters. The zero-order valence-corrected chi connectivity index (χ0v) is 11.0. The van der Waals surface area contributed by atoms with Gasteiger partial charge in [0.1, 0.15) is 0 Å². The van der Waals surface area contributed by atoms with Crippen molar-refractivity contribution in [3.63, 3.8) is 0 Å². The van der Waals surface area contributed by atoms with Crippen LogP contribution in [0.1, 0.15) is 32.7 Å². The maximum Gasteiger partial charge on any atom is 0.0623 e. The summed E-state index contributed by atoms with van der Waals surface area (Å²) in [7, 11) is 0. The van der Waals surface area contributed by atoms with E-state index in [4.69, 9.17) is 0 Å². The summed E-state index contributed by atoms with van der Waals surface area (Å²) in [5, 5.41) is 7.71. The predicted octanol–water partition coefficient (Wildman–Crippen LogP) is 2.44.